The van der Waals surface area contributed by atoms with E-state index >= 15 is 0 Å². The van der Waals surface area contributed by atoms with Crippen molar-refractivity contribution >= 4 is 11.6 Å². The third-order valence-corrected chi connectivity index (χ3v) is 3.04. The fraction of sp³-hybridized carbons (Fsp3) is 0.188. The molecule has 3 aromatic rings. The number of carbonyl (C=O) groups excluding carboxylic acids is 1. The van der Waals surface area contributed by atoms with Gasteiger partial charge in [-0.1, -0.05) is 6.07 Å². The smallest absolute Gasteiger partial charge is 0.276 e. The molecule has 0 unspecified atom stereocenters. The zero-order valence-electron chi connectivity index (χ0n) is 13.2. The van der Waals surface area contributed by atoms with Crippen LogP contribution >= 0.6 is 0 Å². The van der Waals surface area contributed by atoms with Crippen molar-refractivity contribution < 1.29 is 9.53 Å². The first-order chi connectivity index (χ1) is 11.6. The van der Waals surface area contributed by atoms with Crippen molar-refractivity contribution in [2.75, 3.05) is 5.32 Å². The number of aromatic amines is 1. The minimum absolute atomic E-state index is 0.00848. The number of hydrogen-bond acceptors (Lipinski definition) is 6. The summed E-state index contributed by atoms with van der Waals surface area (Å²) in [5.74, 6) is -0.0174. The molecule has 0 aliphatic heterocycles. The molecule has 1 amide bonds. The first-order valence-electron chi connectivity index (χ1n) is 7.40. The Kier molecular flexibility index (Phi) is 4.46. The minimum Gasteiger partial charge on any atom is -0.474 e. The molecular weight excluding hydrogens is 308 g/mol. The van der Waals surface area contributed by atoms with Gasteiger partial charge in [-0.15, -0.1) is 10.2 Å². The Hall–Kier alpha value is -3.29. The molecule has 24 heavy (non-hydrogen) atoms. The highest BCUT2D eigenvalue weighted by atomic mass is 16.5. The summed E-state index contributed by atoms with van der Waals surface area (Å²) < 4.78 is 5.40. The number of rotatable bonds is 5. The number of ether oxygens (including phenoxy) is 1. The van der Waals surface area contributed by atoms with Crippen LogP contribution in [0.1, 0.15) is 24.3 Å². The van der Waals surface area contributed by atoms with Crippen LogP contribution in [-0.2, 0) is 0 Å². The van der Waals surface area contributed by atoms with E-state index < -0.39 is 5.91 Å². The molecule has 3 aromatic heterocycles. The van der Waals surface area contributed by atoms with Crippen molar-refractivity contribution in [3.8, 4) is 17.3 Å². The van der Waals surface area contributed by atoms with E-state index in [0.29, 0.717) is 23.0 Å². The van der Waals surface area contributed by atoms with Gasteiger partial charge in [-0.05, 0) is 32.0 Å². The maximum absolute atomic E-state index is 12.3. The van der Waals surface area contributed by atoms with Gasteiger partial charge in [-0.25, -0.2) is 0 Å². The quantitative estimate of drug-likeness (QED) is 0.746. The molecule has 0 aliphatic rings. The number of pyridine rings is 1. The van der Waals surface area contributed by atoms with Crippen LogP contribution in [0.15, 0.2) is 42.7 Å². The zero-order valence-corrected chi connectivity index (χ0v) is 13.2. The summed E-state index contributed by atoms with van der Waals surface area (Å²) >= 11 is 0. The first kappa shape index (κ1) is 15.6. The lowest BCUT2D eigenvalue weighted by Gasteiger charge is -2.08. The molecule has 3 rings (SSSR count). The van der Waals surface area contributed by atoms with Gasteiger partial charge in [0.25, 0.3) is 5.91 Å². The summed E-state index contributed by atoms with van der Waals surface area (Å²) in [5.41, 5.74) is 2.00. The molecule has 0 aromatic carbocycles. The van der Waals surface area contributed by atoms with Gasteiger partial charge in [-0.3, -0.25) is 14.9 Å². The lowest BCUT2D eigenvalue weighted by Crippen LogP contribution is -2.15. The molecular formula is C16H16N6O2. The Bertz CT molecular complexity index is 814. The molecule has 122 valence electrons. The number of carbonyl (C=O) groups is 1. The van der Waals surface area contributed by atoms with E-state index in [-0.39, 0.29) is 11.8 Å². The standard InChI is InChI=1S/C16H16N6O2/c1-10(2)24-14-7-6-12(20-21-14)16(23)19-13-9-18-22-15(13)11-5-3-4-8-17-11/h3-10H,1-2H3,(H,18,22)(H,19,23). The predicted octanol–water partition coefficient (Wildman–Crippen LogP) is 2.30. The number of amides is 1. The number of H-pyrrole nitrogens is 1. The second kappa shape index (κ2) is 6.86. The second-order valence-corrected chi connectivity index (χ2v) is 5.25. The molecule has 3 heterocycles. The van der Waals surface area contributed by atoms with Crippen LogP contribution in [0.4, 0.5) is 5.69 Å². The molecule has 0 spiro atoms. The van der Waals surface area contributed by atoms with Gasteiger partial charge in [-0.2, -0.15) is 5.10 Å². The monoisotopic (exact) mass is 324 g/mol. The Balaban J connectivity index is 1.75. The number of aromatic nitrogens is 5. The lowest BCUT2D eigenvalue weighted by molar-refractivity contribution is 0.102. The molecule has 0 fully saturated rings. The summed E-state index contributed by atoms with van der Waals surface area (Å²) in [6, 6.07) is 8.65. The van der Waals surface area contributed by atoms with Gasteiger partial charge in [0.05, 0.1) is 23.7 Å². The molecule has 0 atom stereocenters. The van der Waals surface area contributed by atoms with E-state index in [1.807, 2.05) is 32.0 Å². The second-order valence-electron chi connectivity index (χ2n) is 5.25. The number of anilines is 1. The minimum atomic E-state index is -0.392. The maximum Gasteiger partial charge on any atom is 0.276 e. The summed E-state index contributed by atoms with van der Waals surface area (Å²) in [6.07, 6.45) is 3.18. The molecule has 0 saturated carbocycles. The van der Waals surface area contributed by atoms with Gasteiger partial charge in [0.15, 0.2) is 5.69 Å². The summed E-state index contributed by atoms with van der Waals surface area (Å²) in [5, 5.41) is 17.3. The molecule has 2 N–H and O–H groups in total. The average Bonchev–Trinajstić information content (AvgIpc) is 3.04. The molecule has 0 aliphatic carbocycles. The van der Waals surface area contributed by atoms with Crippen LogP contribution in [0.25, 0.3) is 11.4 Å². The van der Waals surface area contributed by atoms with Crippen molar-refractivity contribution in [2.24, 2.45) is 0 Å². The predicted molar refractivity (Wildman–Crippen MR) is 87.6 cm³/mol. The van der Waals surface area contributed by atoms with E-state index in [2.05, 4.69) is 30.7 Å². The molecule has 0 bridgehead atoms. The van der Waals surface area contributed by atoms with Crippen LogP contribution in [0.2, 0.25) is 0 Å². The largest absolute Gasteiger partial charge is 0.474 e. The van der Waals surface area contributed by atoms with Crippen molar-refractivity contribution in [3.63, 3.8) is 0 Å². The normalized spacial score (nSPS) is 10.6. The van der Waals surface area contributed by atoms with Crippen LogP contribution in [0, 0.1) is 0 Å². The van der Waals surface area contributed by atoms with Crippen LogP contribution < -0.4 is 10.1 Å². The average molecular weight is 324 g/mol. The molecule has 8 nitrogen and oxygen atoms in total. The van der Waals surface area contributed by atoms with Crippen LogP contribution in [0.3, 0.4) is 0 Å². The van der Waals surface area contributed by atoms with E-state index in [9.17, 15) is 4.79 Å². The van der Waals surface area contributed by atoms with Crippen LogP contribution in [-0.4, -0.2) is 37.4 Å². The maximum atomic E-state index is 12.3. The zero-order chi connectivity index (χ0) is 16.9. The third kappa shape index (κ3) is 3.54. The number of hydrogen-bond donors (Lipinski definition) is 2. The highest BCUT2D eigenvalue weighted by Crippen LogP contribution is 2.23. The van der Waals surface area contributed by atoms with E-state index in [1.165, 1.54) is 6.20 Å². The fourth-order valence-electron chi connectivity index (χ4n) is 2.02. The van der Waals surface area contributed by atoms with E-state index in [1.54, 1.807) is 18.3 Å². The SMILES string of the molecule is CC(C)Oc1ccc(C(=O)Nc2cn[nH]c2-c2ccccn2)nn1. The summed E-state index contributed by atoms with van der Waals surface area (Å²) in [7, 11) is 0. The highest BCUT2D eigenvalue weighted by Gasteiger charge is 2.14. The van der Waals surface area contributed by atoms with Gasteiger partial charge >= 0.3 is 0 Å². The number of nitrogens with one attached hydrogen (secondary N) is 2. The number of nitrogens with zero attached hydrogens (tertiary/aromatic N) is 4. The van der Waals surface area contributed by atoms with Crippen LogP contribution in [0.5, 0.6) is 5.88 Å². The van der Waals surface area contributed by atoms with E-state index in [0.717, 1.165) is 0 Å². The molecule has 0 saturated heterocycles. The van der Waals surface area contributed by atoms with Crippen molar-refractivity contribution in [3.05, 3.63) is 48.4 Å². The van der Waals surface area contributed by atoms with Gasteiger partial charge in [0, 0.05) is 12.3 Å². The Morgan fingerprint density at radius 1 is 1.21 bits per heavy atom. The fourth-order valence-corrected chi connectivity index (χ4v) is 2.02. The van der Waals surface area contributed by atoms with Crippen molar-refractivity contribution in [2.45, 2.75) is 20.0 Å². The summed E-state index contributed by atoms with van der Waals surface area (Å²) in [6.45, 7) is 3.78. The topological polar surface area (TPSA) is 106 Å². The van der Waals surface area contributed by atoms with Crippen molar-refractivity contribution in [1.82, 2.24) is 25.4 Å². The Morgan fingerprint density at radius 3 is 2.75 bits per heavy atom. The van der Waals surface area contributed by atoms with E-state index in [4.69, 9.17) is 4.74 Å². The Labute approximate surface area is 138 Å². The Morgan fingerprint density at radius 2 is 2.08 bits per heavy atom. The molecule has 8 heteroatoms. The lowest BCUT2D eigenvalue weighted by atomic mass is 10.2. The van der Waals surface area contributed by atoms with Gasteiger partial charge < -0.3 is 10.1 Å². The van der Waals surface area contributed by atoms with Gasteiger partial charge in [0.1, 0.15) is 5.69 Å². The molecule has 0 radical (unpaired) electrons. The summed E-state index contributed by atoms with van der Waals surface area (Å²) in [4.78, 5) is 16.5. The third-order valence-electron chi connectivity index (χ3n) is 3.04. The first-order valence-corrected chi connectivity index (χ1v) is 7.40. The van der Waals surface area contributed by atoms with Gasteiger partial charge in [0.2, 0.25) is 5.88 Å². The van der Waals surface area contributed by atoms with Crippen molar-refractivity contribution in [1.29, 1.82) is 0 Å². The highest BCUT2D eigenvalue weighted by molar-refractivity contribution is 6.04.